The van der Waals surface area contributed by atoms with Gasteiger partial charge in [0.25, 0.3) is 0 Å². The van der Waals surface area contributed by atoms with Crippen LogP contribution in [0.2, 0.25) is 0 Å². The van der Waals surface area contributed by atoms with Crippen LogP contribution in [0.3, 0.4) is 0 Å². The van der Waals surface area contributed by atoms with Gasteiger partial charge in [-0.2, -0.15) is 0 Å². The molecule has 134 valence electrons. The molecule has 1 rings (SSSR count). The van der Waals surface area contributed by atoms with E-state index in [4.69, 9.17) is 14.6 Å². The third-order valence-electron chi connectivity index (χ3n) is 3.38. The normalized spacial score (nSPS) is 10.2. The minimum Gasteiger partial charge on any atom is -0.493 e. The average Bonchev–Trinajstić information content (AvgIpc) is 2.57. The van der Waals surface area contributed by atoms with Crippen molar-refractivity contribution in [2.45, 2.75) is 24.3 Å². The number of methoxy groups -OCH3 is 2. The van der Waals surface area contributed by atoms with Gasteiger partial charge in [-0.05, 0) is 30.4 Å². The Morgan fingerprint density at radius 2 is 1.88 bits per heavy atom. The van der Waals surface area contributed by atoms with Crippen LogP contribution >= 0.6 is 11.8 Å². The van der Waals surface area contributed by atoms with Crippen molar-refractivity contribution in [3.8, 4) is 11.5 Å². The van der Waals surface area contributed by atoms with Crippen molar-refractivity contribution in [2.75, 3.05) is 34.1 Å². The molecule has 0 spiro atoms. The van der Waals surface area contributed by atoms with Crippen molar-refractivity contribution in [1.29, 1.82) is 0 Å². The Morgan fingerprint density at radius 3 is 2.42 bits per heavy atom. The fourth-order valence-electron chi connectivity index (χ4n) is 2.11. The van der Waals surface area contributed by atoms with Crippen molar-refractivity contribution in [3.63, 3.8) is 0 Å². The summed E-state index contributed by atoms with van der Waals surface area (Å²) < 4.78 is 10.6. The number of benzene rings is 1. The molecule has 1 aromatic carbocycles. The second-order valence-corrected chi connectivity index (χ2v) is 5.95. The number of nitrogens with one attached hydrogen (secondary N) is 1. The van der Waals surface area contributed by atoms with Gasteiger partial charge in [-0.15, -0.1) is 11.8 Å². The highest BCUT2D eigenvalue weighted by molar-refractivity contribution is 7.98. The van der Waals surface area contributed by atoms with Crippen LogP contribution in [-0.4, -0.2) is 56.1 Å². The van der Waals surface area contributed by atoms with E-state index in [0.717, 1.165) is 10.5 Å². The number of carboxylic acids is 1. The van der Waals surface area contributed by atoms with Crippen molar-refractivity contribution >= 4 is 23.8 Å². The number of carboxylic acid groups (broad SMARTS) is 1. The molecular formula is C16H24N2O5S. The number of thioether (sulfide) groups is 1. The van der Waals surface area contributed by atoms with Crippen LogP contribution in [0.1, 0.15) is 18.4 Å². The zero-order valence-electron chi connectivity index (χ0n) is 14.4. The molecule has 24 heavy (non-hydrogen) atoms. The fourth-order valence-corrected chi connectivity index (χ4v) is 2.72. The van der Waals surface area contributed by atoms with E-state index >= 15 is 0 Å². The standard InChI is InChI=1S/C16H24N2O5S/c1-18(16(21)17-7-5-6-15(19)20)10-11-8-12(22-2)13(23-3)9-14(11)24-4/h8-9H,5-7,10H2,1-4H3,(H,17,21)(H,19,20). The maximum atomic E-state index is 12.1. The average molecular weight is 356 g/mol. The summed E-state index contributed by atoms with van der Waals surface area (Å²) in [5, 5.41) is 11.3. The summed E-state index contributed by atoms with van der Waals surface area (Å²) in [4.78, 5) is 25.1. The lowest BCUT2D eigenvalue weighted by atomic mass is 10.2. The second-order valence-electron chi connectivity index (χ2n) is 5.10. The van der Waals surface area contributed by atoms with Gasteiger partial charge in [0.2, 0.25) is 0 Å². The Hall–Kier alpha value is -2.09. The number of aliphatic carboxylic acids is 1. The third kappa shape index (κ3) is 5.84. The van der Waals surface area contributed by atoms with E-state index in [-0.39, 0.29) is 12.5 Å². The van der Waals surface area contributed by atoms with Crippen molar-refractivity contribution in [3.05, 3.63) is 17.7 Å². The van der Waals surface area contributed by atoms with E-state index in [1.54, 1.807) is 37.9 Å². The van der Waals surface area contributed by atoms with Crippen LogP contribution in [0.25, 0.3) is 0 Å². The number of carbonyl (C=O) groups excluding carboxylic acids is 1. The second kappa shape index (κ2) is 9.92. The molecule has 7 nitrogen and oxygen atoms in total. The molecule has 0 unspecified atom stereocenters. The molecule has 2 amide bonds. The van der Waals surface area contributed by atoms with Gasteiger partial charge in [0, 0.05) is 31.5 Å². The molecule has 0 saturated heterocycles. The summed E-state index contributed by atoms with van der Waals surface area (Å²) in [5.74, 6) is 0.388. The fraction of sp³-hybridized carbons (Fsp3) is 0.500. The molecule has 0 aliphatic heterocycles. The van der Waals surface area contributed by atoms with Gasteiger partial charge in [-0.25, -0.2) is 4.79 Å². The zero-order valence-corrected chi connectivity index (χ0v) is 15.2. The first-order chi connectivity index (χ1) is 11.4. The predicted octanol–water partition coefficient (Wildman–Crippen LogP) is 2.43. The van der Waals surface area contributed by atoms with Crippen LogP contribution in [0, 0.1) is 0 Å². The molecular weight excluding hydrogens is 332 g/mol. The minimum atomic E-state index is -0.868. The van der Waals surface area contributed by atoms with E-state index in [9.17, 15) is 9.59 Å². The third-order valence-corrected chi connectivity index (χ3v) is 4.20. The summed E-state index contributed by atoms with van der Waals surface area (Å²) >= 11 is 1.56. The molecule has 0 radical (unpaired) electrons. The lowest BCUT2D eigenvalue weighted by molar-refractivity contribution is -0.137. The van der Waals surface area contributed by atoms with Gasteiger partial charge >= 0.3 is 12.0 Å². The Labute approximate surface area is 146 Å². The molecule has 8 heteroatoms. The first-order valence-corrected chi connectivity index (χ1v) is 8.65. The van der Waals surface area contributed by atoms with E-state index in [0.29, 0.717) is 31.0 Å². The Balaban J connectivity index is 2.72. The Kier molecular flexibility index (Phi) is 8.25. The SMILES string of the molecule is COc1cc(CN(C)C(=O)NCCCC(=O)O)c(SC)cc1OC. The number of urea groups is 1. The highest BCUT2D eigenvalue weighted by atomic mass is 32.2. The largest absolute Gasteiger partial charge is 0.493 e. The molecule has 0 aliphatic rings. The van der Waals surface area contributed by atoms with Crippen LogP contribution in [0.15, 0.2) is 17.0 Å². The Bertz CT molecular complexity index is 580. The van der Waals surface area contributed by atoms with Crippen molar-refractivity contribution < 1.29 is 24.2 Å². The number of hydrogen-bond donors (Lipinski definition) is 2. The van der Waals surface area contributed by atoms with Crippen LogP contribution < -0.4 is 14.8 Å². The summed E-state index contributed by atoms with van der Waals surface area (Å²) in [6, 6.07) is 3.50. The number of carbonyl (C=O) groups is 2. The highest BCUT2D eigenvalue weighted by Gasteiger charge is 2.15. The monoisotopic (exact) mass is 356 g/mol. The maximum absolute atomic E-state index is 12.1. The van der Waals surface area contributed by atoms with E-state index in [2.05, 4.69) is 5.32 Å². The molecule has 2 N–H and O–H groups in total. The van der Waals surface area contributed by atoms with Gasteiger partial charge in [0.05, 0.1) is 14.2 Å². The van der Waals surface area contributed by atoms with Gasteiger partial charge < -0.3 is 24.8 Å². The van der Waals surface area contributed by atoms with E-state index in [1.165, 1.54) is 0 Å². The number of ether oxygens (including phenoxy) is 2. The Morgan fingerprint density at radius 1 is 1.25 bits per heavy atom. The smallest absolute Gasteiger partial charge is 0.317 e. The van der Waals surface area contributed by atoms with Gasteiger partial charge in [-0.1, -0.05) is 0 Å². The molecule has 0 fully saturated rings. The first kappa shape index (κ1) is 20.0. The van der Waals surface area contributed by atoms with Crippen LogP contribution in [-0.2, 0) is 11.3 Å². The van der Waals surface area contributed by atoms with E-state index in [1.807, 2.05) is 18.4 Å². The summed E-state index contributed by atoms with van der Waals surface area (Å²) in [5.41, 5.74) is 0.948. The van der Waals surface area contributed by atoms with Crippen LogP contribution in [0.4, 0.5) is 4.79 Å². The molecule has 1 aromatic rings. The first-order valence-electron chi connectivity index (χ1n) is 7.42. The number of hydrogen-bond acceptors (Lipinski definition) is 5. The zero-order chi connectivity index (χ0) is 18.1. The summed E-state index contributed by atoms with van der Waals surface area (Å²) in [7, 11) is 4.84. The lowest BCUT2D eigenvalue weighted by Crippen LogP contribution is -2.37. The van der Waals surface area contributed by atoms with Crippen molar-refractivity contribution in [2.24, 2.45) is 0 Å². The highest BCUT2D eigenvalue weighted by Crippen LogP contribution is 2.35. The van der Waals surface area contributed by atoms with E-state index < -0.39 is 5.97 Å². The lowest BCUT2D eigenvalue weighted by Gasteiger charge is -2.20. The van der Waals surface area contributed by atoms with Gasteiger partial charge in [-0.3, -0.25) is 4.79 Å². The summed E-state index contributed by atoms with van der Waals surface area (Å²) in [6.07, 6.45) is 2.40. The quantitative estimate of drug-likeness (QED) is 0.522. The molecule has 0 aliphatic carbocycles. The minimum absolute atomic E-state index is 0.0380. The maximum Gasteiger partial charge on any atom is 0.317 e. The van der Waals surface area contributed by atoms with Crippen molar-refractivity contribution in [1.82, 2.24) is 10.2 Å². The summed E-state index contributed by atoms with van der Waals surface area (Å²) in [6.45, 7) is 0.734. The van der Waals surface area contributed by atoms with Gasteiger partial charge in [0.15, 0.2) is 11.5 Å². The predicted molar refractivity (Wildman–Crippen MR) is 93.1 cm³/mol. The molecule has 0 heterocycles. The molecule has 0 atom stereocenters. The van der Waals surface area contributed by atoms with Gasteiger partial charge in [0.1, 0.15) is 0 Å². The molecule has 0 saturated carbocycles. The van der Waals surface area contributed by atoms with Crippen LogP contribution in [0.5, 0.6) is 11.5 Å². The number of amides is 2. The topological polar surface area (TPSA) is 88.1 Å². The molecule has 0 bridgehead atoms. The number of rotatable bonds is 9. The molecule has 0 aromatic heterocycles. The number of nitrogens with zero attached hydrogens (tertiary/aromatic N) is 1.